The van der Waals surface area contributed by atoms with Crippen molar-refractivity contribution in [3.05, 3.63) is 60.2 Å². The molecule has 29 heavy (non-hydrogen) atoms. The Morgan fingerprint density at radius 3 is 2.00 bits per heavy atom. The fraction of sp³-hybridized carbons (Fsp3) is 0.500. The van der Waals surface area contributed by atoms with Gasteiger partial charge in [-0.2, -0.15) is 0 Å². The molecule has 154 valence electrons. The lowest BCUT2D eigenvalue weighted by atomic mass is 9.55. The van der Waals surface area contributed by atoms with Crippen LogP contribution in [0.2, 0.25) is 13.6 Å². The number of para-hydroxylation sites is 2. The van der Waals surface area contributed by atoms with Gasteiger partial charge in [0.25, 0.3) is 0 Å². The topological polar surface area (TPSA) is 9.72 Å². The molecule has 2 aliphatic heterocycles. The number of anilines is 2. The van der Waals surface area contributed by atoms with Crippen LogP contribution in [-0.4, -0.2) is 31.4 Å². The molecule has 0 saturated carbocycles. The van der Waals surface area contributed by atoms with Gasteiger partial charge < -0.3 is 14.3 Å². The lowest BCUT2D eigenvalue weighted by molar-refractivity contribution is 0.426. The molecule has 2 aromatic rings. The lowest BCUT2D eigenvalue weighted by Gasteiger charge is -2.56. The van der Waals surface area contributed by atoms with Crippen molar-refractivity contribution >= 4 is 25.3 Å². The van der Waals surface area contributed by atoms with Crippen molar-refractivity contribution < 1.29 is 0 Å². The molecule has 0 spiro atoms. The monoisotopic (exact) mass is 389 g/mol. The molecule has 3 nitrogen and oxygen atoms in total. The summed E-state index contributed by atoms with van der Waals surface area (Å²) in [7, 11) is 0. The van der Waals surface area contributed by atoms with E-state index in [4.69, 9.17) is 0 Å². The number of hydrogen-bond acceptors (Lipinski definition) is 3. The van der Waals surface area contributed by atoms with E-state index in [1.807, 2.05) is 0 Å². The Hall–Kier alpha value is -1.87. The van der Waals surface area contributed by atoms with E-state index in [9.17, 15) is 0 Å². The van der Waals surface area contributed by atoms with Crippen LogP contribution in [0.3, 0.4) is 0 Å². The van der Waals surface area contributed by atoms with Crippen LogP contribution in [-0.2, 0) is 5.41 Å². The van der Waals surface area contributed by atoms with Crippen LogP contribution >= 0.6 is 0 Å². The van der Waals surface area contributed by atoms with E-state index in [-0.39, 0.29) is 5.41 Å². The molecule has 2 aromatic carbocycles. The molecule has 1 fully saturated rings. The first-order valence-corrected chi connectivity index (χ1v) is 11.4. The standard InChI is InChI=1S/C21H29B2N3.C3H8/c1-6-16-24-22(4)25(17-12-8-7-9-13-17)20-21(2,3)18-14-10-11-15-19(18)26(20)23(24)5;1-3-2/h7-15,20H,6,16H2,1-5H3;3H2,1-2H3. The average Bonchev–Trinajstić information content (AvgIpc) is 2.95. The SMILES string of the molecule is CCC.CCCN1B(C)N(c2ccccc2)C2N(B1C)c1ccccc1C2(C)C. The summed E-state index contributed by atoms with van der Waals surface area (Å²) in [5, 5.41) is 0. The van der Waals surface area contributed by atoms with Crippen LogP contribution in [0.5, 0.6) is 0 Å². The Bertz CT molecular complexity index is 796. The molecule has 0 aromatic heterocycles. The molecule has 0 N–H and O–H groups in total. The van der Waals surface area contributed by atoms with Crippen molar-refractivity contribution in [2.45, 2.75) is 72.7 Å². The predicted octanol–water partition coefficient (Wildman–Crippen LogP) is 5.99. The van der Waals surface area contributed by atoms with Gasteiger partial charge in [-0.1, -0.05) is 91.1 Å². The molecule has 1 saturated heterocycles. The average molecular weight is 389 g/mol. The Morgan fingerprint density at radius 1 is 0.828 bits per heavy atom. The highest BCUT2D eigenvalue weighted by atomic mass is 15.4. The van der Waals surface area contributed by atoms with Gasteiger partial charge in [0, 0.05) is 16.8 Å². The van der Waals surface area contributed by atoms with Crippen molar-refractivity contribution in [1.82, 2.24) is 4.72 Å². The van der Waals surface area contributed by atoms with E-state index >= 15 is 0 Å². The van der Waals surface area contributed by atoms with Crippen molar-refractivity contribution in [2.75, 3.05) is 16.2 Å². The number of hydrogen-bond donors (Lipinski definition) is 0. The Morgan fingerprint density at radius 2 is 1.38 bits per heavy atom. The van der Waals surface area contributed by atoms with Crippen molar-refractivity contribution in [3.8, 4) is 0 Å². The molecule has 4 rings (SSSR count). The smallest absolute Gasteiger partial charge is 0.331 e. The Balaban J connectivity index is 0.000000755. The van der Waals surface area contributed by atoms with Crippen LogP contribution < -0.4 is 9.62 Å². The van der Waals surface area contributed by atoms with Crippen molar-refractivity contribution in [3.63, 3.8) is 0 Å². The van der Waals surface area contributed by atoms with Gasteiger partial charge in [0.1, 0.15) is 0 Å². The minimum absolute atomic E-state index is 0.0628. The molecule has 0 radical (unpaired) electrons. The van der Waals surface area contributed by atoms with Gasteiger partial charge in [0.15, 0.2) is 0 Å². The molecule has 2 heterocycles. The summed E-state index contributed by atoms with van der Waals surface area (Å²) in [6, 6.07) is 19.9. The van der Waals surface area contributed by atoms with E-state index in [2.05, 4.69) is 117 Å². The molecule has 0 amide bonds. The minimum Gasteiger partial charge on any atom is -0.382 e. The lowest BCUT2D eigenvalue weighted by Crippen LogP contribution is -2.76. The van der Waals surface area contributed by atoms with E-state index in [1.165, 1.54) is 29.8 Å². The zero-order chi connectivity index (χ0) is 21.2. The summed E-state index contributed by atoms with van der Waals surface area (Å²) in [6.45, 7) is 17.9. The van der Waals surface area contributed by atoms with Gasteiger partial charge in [-0.25, -0.2) is 0 Å². The van der Waals surface area contributed by atoms with Gasteiger partial charge in [-0.15, -0.1) is 0 Å². The maximum atomic E-state index is 2.65. The summed E-state index contributed by atoms with van der Waals surface area (Å²) in [6.07, 6.45) is 2.74. The highest BCUT2D eigenvalue weighted by molar-refractivity contribution is 6.77. The van der Waals surface area contributed by atoms with E-state index < -0.39 is 0 Å². The molecule has 1 unspecified atom stereocenters. The third-order valence-corrected chi connectivity index (χ3v) is 6.35. The second kappa shape index (κ2) is 8.87. The number of rotatable bonds is 3. The largest absolute Gasteiger partial charge is 0.382 e. The van der Waals surface area contributed by atoms with Gasteiger partial charge in [-0.3, -0.25) is 0 Å². The van der Waals surface area contributed by atoms with E-state index in [0.717, 1.165) is 6.54 Å². The normalized spacial score (nSPS) is 20.2. The maximum absolute atomic E-state index is 2.65. The summed E-state index contributed by atoms with van der Waals surface area (Å²) in [5.41, 5.74) is 4.23. The molecular weight excluding hydrogens is 352 g/mol. The van der Waals surface area contributed by atoms with Crippen LogP contribution in [0.25, 0.3) is 0 Å². The first-order chi connectivity index (χ1) is 13.9. The zero-order valence-corrected chi connectivity index (χ0v) is 19.4. The molecule has 0 bridgehead atoms. The number of fused-ring (bicyclic) bond motifs is 3. The van der Waals surface area contributed by atoms with Gasteiger partial charge in [0.05, 0.1) is 6.17 Å². The summed E-state index contributed by atoms with van der Waals surface area (Å²) < 4.78 is 2.64. The quantitative estimate of drug-likeness (QED) is 0.597. The molecule has 2 aliphatic rings. The van der Waals surface area contributed by atoms with E-state index in [0.29, 0.717) is 20.1 Å². The van der Waals surface area contributed by atoms with Crippen LogP contribution in [0.1, 0.15) is 53.0 Å². The van der Waals surface area contributed by atoms with Crippen LogP contribution in [0.15, 0.2) is 54.6 Å². The summed E-state index contributed by atoms with van der Waals surface area (Å²) in [5.74, 6) is 0. The molecule has 5 heteroatoms. The Labute approximate surface area is 179 Å². The van der Waals surface area contributed by atoms with Gasteiger partial charge >= 0.3 is 14.0 Å². The second-order valence-electron chi connectivity index (χ2n) is 8.97. The predicted molar refractivity (Wildman–Crippen MR) is 131 cm³/mol. The number of benzene rings is 2. The second-order valence-corrected chi connectivity index (χ2v) is 8.97. The third-order valence-electron chi connectivity index (χ3n) is 6.35. The maximum Gasteiger partial charge on any atom is 0.331 e. The summed E-state index contributed by atoms with van der Waals surface area (Å²) in [4.78, 5) is 5.29. The fourth-order valence-electron chi connectivity index (χ4n) is 5.17. The fourth-order valence-corrected chi connectivity index (χ4v) is 5.17. The number of nitrogens with zero attached hydrogens (tertiary/aromatic N) is 3. The van der Waals surface area contributed by atoms with Crippen LogP contribution in [0.4, 0.5) is 11.4 Å². The highest BCUT2D eigenvalue weighted by Gasteiger charge is 2.56. The third kappa shape index (κ3) is 3.70. The molecule has 1 atom stereocenters. The van der Waals surface area contributed by atoms with Crippen LogP contribution in [0, 0.1) is 0 Å². The first kappa shape index (κ1) is 21.8. The molecular formula is C24H37B2N3. The molecule has 0 aliphatic carbocycles. The first-order valence-electron chi connectivity index (χ1n) is 11.4. The highest BCUT2D eigenvalue weighted by Crippen LogP contribution is 2.50. The van der Waals surface area contributed by atoms with Gasteiger partial charge in [-0.05, 0) is 36.7 Å². The minimum atomic E-state index is 0.0628. The summed E-state index contributed by atoms with van der Waals surface area (Å²) >= 11 is 0. The van der Waals surface area contributed by atoms with E-state index in [1.54, 1.807) is 0 Å². The zero-order valence-electron chi connectivity index (χ0n) is 19.4. The van der Waals surface area contributed by atoms with Crippen molar-refractivity contribution in [1.29, 1.82) is 0 Å². The Kier molecular flexibility index (Phi) is 6.68. The van der Waals surface area contributed by atoms with Gasteiger partial charge in [0.2, 0.25) is 0 Å². The van der Waals surface area contributed by atoms with Crippen molar-refractivity contribution in [2.24, 2.45) is 0 Å².